The number of halogens is 1. The number of aromatic amines is 1. The fraction of sp³-hybridized carbons (Fsp3) is 0.211. The minimum Gasteiger partial charge on any atom is -0.489 e. The van der Waals surface area contributed by atoms with Crippen LogP contribution in [0.25, 0.3) is 11.4 Å². The van der Waals surface area contributed by atoms with Gasteiger partial charge in [-0.25, -0.2) is 9.37 Å². The van der Waals surface area contributed by atoms with Gasteiger partial charge in [0.2, 0.25) is 0 Å². The Kier molecular flexibility index (Phi) is 4.01. The molecule has 1 aliphatic rings. The summed E-state index contributed by atoms with van der Waals surface area (Å²) in [4.78, 5) is 7.74. The molecule has 0 radical (unpaired) electrons. The van der Waals surface area contributed by atoms with Crippen LogP contribution in [0, 0.1) is 5.82 Å². The second-order valence-electron chi connectivity index (χ2n) is 5.85. The zero-order valence-corrected chi connectivity index (χ0v) is 13.2. The summed E-state index contributed by atoms with van der Waals surface area (Å²) in [6.07, 6.45) is 0.867. The summed E-state index contributed by atoms with van der Waals surface area (Å²) in [5.41, 5.74) is 3.58. The maximum absolute atomic E-state index is 14.5. The predicted octanol–water partition coefficient (Wildman–Crippen LogP) is 3.44. The van der Waals surface area contributed by atoms with E-state index in [1.54, 1.807) is 12.1 Å². The Morgan fingerprint density at radius 1 is 1.12 bits per heavy atom. The van der Waals surface area contributed by atoms with Crippen LogP contribution in [0.4, 0.5) is 4.39 Å². The minimum absolute atomic E-state index is 0.334. The predicted molar refractivity (Wildman–Crippen MR) is 90.2 cm³/mol. The van der Waals surface area contributed by atoms with Crippen LogP contribution in [-0.4, -0.2) is 16.5 Å². The summed E-state index contributed by atoms with van der Waals surface area (Å²) in [5, 5.41) is 3.28. The highest BCUT2D eigenvalue weighted by molar-refractivity contribution is 5.58. The largest absolute Gasteiger partial charge is 0.489 e. The summed E-state index contributed by atoms with van der Waals surface area (Å²) in [6, 6.07) is 14.7. The molecule has 0 saturated carbocycles. The van der Waals surface area contributed by atoms with Crippen LogP contribution in [0.1, 0.15) is 17.0 Å². The molecule has 0 atom stereocenters. The molecule has 122 valence electrons. The van der Waals surface area contributed by atoms with Crippen LogP contribution in [0.2, 0.25) is 0 Å². The molecule has 0 fully saturated rings. The molecule has 24 heavy (non-hydrogen) atoms. The number of hydrogen-bond donors (Lipinski definition) is 2. The van der Waals surface area contributed by atoms with Crippen LogP contribution in [0.15, 0.2) is 48.5 Å². The van der Waals surface area contributed by atoms with Gasteiger partial charge in [-0.2, -0.15) is 0 Å². The zero-order valence-electron chi connectivity index (χ0n) is 13.2. The number of benzene rings is 2. The van der Waals surface area contributed by atoms with E-state index in [4.69, 9.17) is 4.74 Å². The molecule has 3 aromatic rings. The lowest BCUT2D eigenvalue weighted by Gasteiger charge is -2.09. The Morgan fingerprint density at radius 2 is 2.00 bits per heavy atom. The number of aromatic nitrogens is 2. The van der Waals surface area contributed by atoms with Gasteiger partial charge < -0.3 is 15.0 Å². The van der Waals surface area contributed by atoms with E-state index < -0.39 is 0 Å². The summed E-state index contributed by atoms with van der Waals surface area (Å²) in [7, 11) is 0. The van der Waals surface area contributed by atoms with Crippen molar-refractivity contribution in [3.63, 3.8) is 0 Å². The number of imidazole rings is 1. The summed E-state index contributed by atoms with van der Waals surface area (Å²) in [6.45, 7) is 2.08. The third kappa shape index (κ3) is 3.03. The molecule has 2 heterocycles. The van der Waals surface area contributed by atoms with Crippen molar-refractivity contribution in [2.45, 2.75) is 19.6 Å². The van der Waals surface area contributed by atoms with E-state index in [-0.39, 0.29) is 5.82 Å². The number of ether oxygens (including phenoxy) is 1. The first-order valence-electron chi connectivity index (χ1n) is 8.05. The van der Waals surface area contributed by atoms with Crippen molar-refractivity contribution in [3.8, 4) is 17.1 Å². The van der Waals surface area contributed by atoms with Crippen LogP contribution in [0.3, 0.4) is 0 Å². The first-order valence-corrected chi connectivity index (χ1v) is 8.05. The third-order valence-electron chi connectivity index (χ3n) is 4.15. The van der Waals surface area contributed by atoms with Crippen LogP contribution in [0.5, 0.6) is 5.75 Å². The highest BCUT2D eigenvalue weighted by atomic mass is 19.1. The highest BCUT2D eigenvalue weighted by Crippen LogP contribution is 2.26. The highest BCUT2D eigenvalue weighted by Gasteiger charge is 2.17. The molecule has 0 bridgehead atoms. The van der Waals surface area contributed by atoms with Crippen molar-refractivity contribution in [2.75, 3.05) is 6.54 Å². The van der Waals surface area contributed by atoms with Crippen LogP contribution in [-0.2, 0) is 19.6 Å². The van der Waals surface area contributed by atoms with Crippen molar-refractivity contribution in [1.29, 1.82) is 0 Å². The normalized spacial score (nSPS) is 13.5. The molecule has 0 unspecified atom stereocenters. The molecule has 1 aliphatic heterocycles. The fourth-order valence-electron chi connectivity index (χ4n) is 2.86. The van der Waals surface area contributed by atoms with Gasteiger partial charge in [0.25, 0.3) is 0 Å². The van der Waals surface area contributed by atoms with Gasteiger partial charge >= 0.3 is 0 Å². The molecule has 5 heteroatoms. The lowest BCUT2D eigenvalue weighted by atomic mass is 10.2. The Labute approximate surface area is 139 Å². The first-order chi connectivity index (χ1) is 11.8. The van der Waals surface area contributed by atoms with E-state index in [0.29, 0.717) is 23.7 Å². The zero-order chi connectivity index (χ0) is 16.4. The number of nitrogens with zero attached hydrogens (tertiary/aromatic N) is 1. The Morgan fingerprint density at radius 3 is 2.79 bits per heavy atom. The lowest BCUT2D eigenvalue weighted by molar-refractivity contribution is 0.304. The molecule has 0 amide bonds. The fourth-order valence-corrected chi connectivity index (χ4v) is 2.86. The van der Waals surface area contributed by atoms with E-state index in [1.807, 2.05) is 30.3 Å². The molecular weight excluding hydrogens is 305 g/mol. The molecule has 0 saturated heterocycles. The van der Waals surface area contributed by atoms with Gasteiger partial charge in [-0.15, -0.1) is 0 Å². The molecule has 4 rings (SSSR count). The monoisotopic (exact) mass is 323 g/mol. The molecule has 0 aliphatic carbocycles. The van der Waals surface area contributed by atoms with Crippen molar-refractivity contribution in [2.24, 2.45) is 0 Å². The summed E-state index contributed by atoms with van der Waals surface area (Å²) < 4.78 is 20.1. The minimum atomic E-state index is -0.334. The van der Waals surface area contributed by atoms with E-state index in [1.165, 1.54) is 6.07 Å². The average Bonchev–Trinajstić information content (AvgIpc) is 3.04. The second-order valence-corrected chi connectivity index (χ2v) is 5.85. The quantitative estimate of drug-likeness (QED) is 0.773. The number of hydrogen-bond acceptors (Lipinski definition) is 3. The van der Waals surface area contributed by atoms with Gasteiger partial charge in [-0.1, -0.05) is 30.3 Å². The van der Waals surface area contributed by atoms with Gasteiger partial charge in [0, 0.05) is 25.6 Å². The molecule has 0 spiro atoms. The molecule has 2 aromatic carbocycles. The van der Waals surface area contributed by atoms with Gasteiger partial charge in [-0.3, -0.25) is 0 Å². The van der Waals surface area contributed by atoms with Gasteiger partial charge in [0.15, 0.2) is 0 Å². The molecular formula is C19H18FN3O. The summed E-state index contributed by atoms with van der Waals surface area (Å²) in [5.74, 6) is 0.758. The maximum Gasteiger partial charge on any atom is 0.140 e. The average molecular weight is 323 g/mol. The topological polar surface area (TPSA) is 49.9 Å². The SMILES string of the molecule is Fc1cc(OCc2ccccc2)ccc1-c1nc2c([nH]1)CNCC2. The van der Waals surface area contributed by atoms with Crippen molar-refractivity contribution in [3.05, 3.63) is 71.3 Å². The van der Waals surface area contributed by atoms with Gasteiger partial charge in [0.05, 0.1) is 17.0 Å². The molecule has 2 N–H and O–H groups in total. The van der Waals surface area contributed by atoms with E-state index in [2.05, 4.69) is 15.3 Å². The standard InChI is InChI=1S/C19H18FN3O/c20-16-10-14(24-12-13-4-2-1-3-5-13)6-7-15(16)19-22-17-8-9-21-11-18(17)23-19/h1-7,10,21H,8-9,11-12H2,(H,22,23). The maximum atomic E-state index is 14.5. The van der Waals surface area contributed by atoms with Gasteiger partial charge in [-0.05, 0) is 17.7 Å². The smallest absolute Gasteiger partial charge is 0.140 e. The van der Waals surface area contributed by atoms with Gasteiger partial charge in [0.1, 0.15) is 24.0 Å². The van der Waals surface area contributed by atoms with E-state index >= 15 is 0 Å². The number of fused-ring (bicyclic) bond motifs is 1. The number of nitrogens with one attached hydrogen (secondary N) is 2. The van der Waals surface area contributed by atoms with E-state index in [0.717, 1.165) is 36.5 Å². The van der Waals surface area contributed by atoms with E-state index in [9.17, 15) is 4.39 Å². The Hall–Kier alpha value is -2.66. The Balaban J connectivity index is 1.52. The Bertz CT molecular complexity index is 822. The number of rotatable bonds is 4. The van der Waals surface area contributed by atoms with Crippen LogP contribution < -0.4 is 10.1 Å². The van der Waals surface area contributed by atoms with Crippen molar-refractivity contribution in [1.82, 2.24) is 15.3 Å². The lowest BCUT2D eigenvalue weighted by Crippen LogP contribution is -2.23. The first kappa shape index (κ1) is 14.9. The summed E-state index contributed by atoms with van der Waals surface area (Å²) >= 11 is 0. The van der Waals surface area contributed by atoms with Crippen LogP contribution >= 0.6 is 0 Å². The molecule has 4 nitrogen and oxygen atoms in total. The number of H-pyrrole nitrogens is 1. The molecule has 1 aromatic heterocycles. The van der Waals surface area contributed by atoms with Crippen molar-refractivity contribution < 1.29 is 9.13 Å². The second kappa shape index (κ2) is 6.45. The van der Waals surface area contributed by atoms with Crippen molar-refractivity contribution >= 4 is 0 Å². The third-order valence-corrected chi connectivity index (χ3v) is 4.15.